The van der Waals surface area contributed by atoms with Gasteiger partial charge in [0, 0.05) is 16.5 Å². The standard InChI is InChI=1S/C38H23N3OS/c42-37-31-23-26(17-19-32(31)39-38-41(37)35-15-6-7-16-36(35)43-38)27-18-20-34-30(22-27)29-13-4-5-14-33(29)40(34)28-12-8-11-25(21-28)24-9-2-1-3-10-24/h1-23H. The summed E-state index contributed by atoms with van der Waals surface area (Å²) in [4.78, 5) is 19.3. The van der Waals surface area contributed by atoms with E-state index >= 15 is 0 Å². The first kappa shape index (κ1) is 24.1. The largest absolute Gasteiger partial charge is 0.309 e. The third-order valence-corrected chi connectivity index (χ3v) is 9.38. The van der Waals surface area contributed by atoms with Crippen LogP contribution in [0.2, 0.25) is 0 Å². The van der Waals surface area contributed by atoms with Crippen LogP contribution in [-0.2, 0) is 0 Å². The van der Waals surface area contributed by atoms with Crippen LogP contribution in [0.25, 0.3) is 75.8 Å². The molecule has 3 heterocycles. The molecule has 202 valence electrons. The Bertz CT molecular complexity index is 2590. The van der Waals surface area contributed by atoms with Crippen molar-refractivity contribution in [1.82, 2.24) is 14.0 Å². The Balaban J connectivity index is 1.23. The molecule has 6 aromatic carbocycles. The Kier molecular flexibility index (Phi) is 5.18. The third-order valence-electron chi connectivity index (χ3n) is 8.36. The first-order valence-electron chi connectivity index (χ1n) is 14.3. The second-order valence-electron chi connectivity index (χ2n) is 10.8. The Morgan fingerprint density at radius 1 is 0.512 bits per heavy atom. The van der Waals surface area contributed by atoms with Crippen molar-refractivity contribution in [1.29, 1.82) is 0 Å². The smallest absolute Gasteiger partial charge is 0.266 e. The lowest BCUT2D eigenvalue weighted by Crippen LogP contribution is -2.13. The zero-order chi connectivity index (χ0) is 28.5. The van der Waals surface area contributed by atoms with E-state index in [9.17, 15) is 4.79 Å². The molecule has 4 nitrogen and oxygen atoms in total. The molecule has 0 aliphatic heterocycles. The van der Waals surface area contributed by atoms with E-state index < -0.39 is 0 Å². The van der Waals surface area contributed by atoms with Crippen molar-refractivity contribution in [3.05, 3.63) is 150 Å². The average molecular weight is 570 g/mol. The molecule has 0 saturated carbocycles. The predicted molar refractivity (Wildman–Crippen MR) is 180 cm³/mol. The van der Waals surface area contributed by atoms with Gasteiger partial charge in [-0.05, 0) is 76.9 Å². The van der Waals surface area contributed by atoms with Gasteiger partial charge in [0.2, 0.25) is 0 Å². The number of aromatic nitrogens is 3. The first-order valence-corrected chi connectivity index (χ1v) is 15.1. The molecule has 5 heteroatoms. The second-order valence-corrected chi connectivity index (χ2v) is 11.8. The summed E-state index contributed by atoms with van der Waals surface area (Å²) in [6.45, 7) is 0. The number of benzene rings is 6. The lowest BCUT2D eigenvalue weighted by atomic mass is 10.0. The molecule has 0 aliphatic rings. The average Bonchev–Trinajstić information content (AvgIpc) is 3.60. The highest BCUT2D eigenvalue weighted by Gasteiger charge is 2.16. The van der Waals surface area contributed by atoms with Gasteiger partial charge in [0.25, 0.3) is 5.56 Å². The molecule has 0 radical (unpaired) electrons. The lowest BCUT2D eigenvalue weighted by Gasteiger charge is -2.11. The van der Waals surface area contributed by atoms with Crippen molar-refractivity contribution in [2.75, 3.05) is 0 Å². The van der Waals surface area contributed by atoms with E-state index in [2.05, 4.69) is 102 Å². The summed E-state index contributed by atoms with van der Waals surface area (Å²) in [5, 5.41) is 2.99. The number of hydrogen-bond donors (Lipinski definition) is 0. The molecule has 0 fully saturated rings. The minimum absolute atomic E-state index is 0.0321. The molecule has 0 unspecified atom stereocenters. The number of fused-ring (bicyclic) bond motifs is 7. The number of rotatable bonds is 3. The summed E-state index contributed by atoms with van der Waals surface area (Å²) in [6, 6.07) is 48.4. The van der Waals surface area contributed by atoms with E-state index in [1.807, 2.05) is 42.5 Å². The van der Waals surface area contributed by atoms with E-state index in [0.717, 1.165) is 48.5 Å². The second kappa shape index (κ2) is 9.24. The summed E-state index contributed by atoms with van der Waals surface area (Å²) < 4.78 is 5.14. The van der Waals surface area contributed by atoms with Gasteiger partial charge in [-0.3, -0.25) is 9.20 Å². The number of hydrogen-bond acceptors (Lipinski definition) is 3. The highest BCUT2D eigenvalue weighted by molar-refractivity contribution is 7.23. The summed E-state index contributed by atoms with van der Waals surface area (Å²) in [5.41, 5.74) is 9.45. The van der Waals surface area contributed by atoms with E-state index in [1.165, 1.54) is 21.9 Å². The van der Waals surface area contributed by atoms with Crippen LogP contribution in [-0.4, -0.2) is 14.0 Å². The van der Waals surface area contributed by atoms with Crippen LogP contribution < -0.4 is 5.56 Å². The summed E-state index contributed by atoms with van der Waals surface area (Å²) in [5.74, 6) is 0. The fourth-order valence-electron chi connectivity index (χ4n) is 6.34. The van der Waals surface area contributed by atoms with Crippen LogP contribution in [0.1, 0.15) is 0 Å². The van der Waals surface area contributed by atoms with Crippen LogP contribution in [0.4, 0.5) is 0 Å². The minimum atomic E-state index is -0.0321. The van der Waals surface area contributed by atoms with Crippen LogP contribution >= 0.6 is 11.3 Å². The summed E-state index contributed by atoms with van der Waals surface area (Å²) in [6.07, 6.45) is 0. The number of thiazole rings is 1. The quantitative estimate of drug-likeness (QED) is 0.213. The monoisotopic (exact) mass is 569 g/mol. The maximum absolute atomic E-state index is 13.8. The van der Waals surface area contributed by atoms with Crippen molar-refractivity contribution in [3.63, 3.8) is 0 Å². The van der Waals surface area contributed by atoms with Gasteiger partial charge in [0.15, 0.2) is 4.96 Å². The number of para-hydroxylation sites is 2. The Morgan fingerprint density at radius 2 is 1.19 bits per heavy atom. The Labute approximate surface area is 250 Å². The molecular formula is C38H23N3OS. The molecule has 3 aromatic heterocycles. The van der Waals surface area contributed by atoms with E-state index in [1.54, 1.807) is 15.7 Å². The highest BCUT2D eigenvalue weighted by atomic mass is 32.1. The molecular weight excluding hydrogens is 547 g/mol. The Morgan fingerprint density at radius 3 is 2.07 bits per heavy atom. The van der Waals surface area contributed by atoms with Gasteiger partial charge in [0.1, 0.15) is 0 Å². The van der Waals surface area contributed by atoms with Crippen LogP contribution in [0, 0.1) is 0 Å². The number of nitrogens with zero attached hydrogens (tertiary/aromatic N) is 3. The van der Waals surface area contributed by atoms with Gasteiger partial charge in [0.05, 0.1) is 32.2 Å². The zero-order valence-corrected chi connectivity index (χ0v) is 23.8. The van der Waals surface area contributed by atoms with Gasteiger partial charge >= 0.3 is 0 Å². The maximum Gasteiger partial charge on any atom is 0.266 e. The van der Waals surface area contributed by atoms with E-state index in [4.69, 9.17) is 4.98 Å². The normalized spacial score (nSPS) is 11.8. The summed E-state index contributed by atoms with van der Waals surface area (Å²) in [7, 11) is 0. The van der Waals surface area contributed by atoms with E-state index in [0.29, 0.717) is 5.39 Å². The van der Waals surface area contributed by atoms with Crippen molar-refractivity contribution >= 4 is 59.2 Å². The van der Waals surface area contributed by atoms with Gasteiger partial charge in [-0.1, -0.05) is 96.3 Å². The van der Waals surface area contributed by atoms with Gasteiger partial charge in [-0.2, -0.15) is 0 Å². The van der Waals surface area contributed by atoms with Crippen molar-refractivity contribution < 1.29 is 0 Å². The Hall–Kier alpha value is -5.52. The molecule has 0 aliphatic carbocycles. The molecule has 0 N–H and O–H groups in total. The van der Waals surface area contributed by atoms with Crippen molar-refractivity contribution in [2.45, 2.75) is 0 Å². The van der Waals surface area contributed by atoms with Crippen LogP contribution in [0.5, 0.6) is 0 Å². The van der Waals surface area contributed by atoms with Gasteiger partial charge < -0.3 is 4.57 Å². The first-order chi connectivity index (χ1) is 21.2. The molecule has 0 atom stereocenters. The minimum Gasteiger partial charge on any atom is -0.309 e. The van der Waals surface area contributed by atoms with Crippen molar-refractivity contribution in [2.24, 2.45) is 0 Å². The highest BCUT2D eigenvalue weighted by Crippen LogP contribution is 2.36. The molecule has 0 amide bonds. The zero-order valence-electron chi connectivity index (χ0n) is 22.9. The fraction of sp³-hybridized carbons (Fsp3) is 0. The lowest BCUT2D eigenvalue weighted by molar-refractivity contribution is 1.16. The van der Waals surface area contributed by atoms with Crippen LogP contribution in [0.3, 0.4) is 0 Å². The van der Waals surface area contributed by atoms with Gasteiger partial charge in [-0.15, -0.1) is 0 Å². The van der Waals surface area contributed by atoms with E-state index in [-0.39, 0.29) is 5.56 Å². The van der Waals surface area contributed by atoms with Crippen molar-refractivity contribution in [3.8, 4) is 27.9 Å². The third kappa shape index (κ3) is 3.69. The van der Waals surface area contributed by atoms with Crippen LogP contribution in [0.15, 0.2) is 144 Å². The fourth-order valence-corrected chi connectivity index (χ4v) is 7.36. The summed E-state index contributed by atoms with van der Waals surface area (Å²) >= 11 is 1.54. The molecule has 0 spiro atoms. The van der Waals surface area contributed by atoms with Gasteiger partial charge in [-0.25, -0.2) is 4.98 Å². The molecule has 43 heavy (non-hydrogen) atoms. The SMILES string of the molecule is O=c1c2cc(-c3ccc4c(c3)c3ccccc3n4-c3cccc(-c4ccccc4)c3)ccc2nc2sc3ccccc3n12. The molecule has 0 saturated heterocycles. The molecule has 0 bridgehead atoms. The molecule has 9 aromatic rings. The predicted octanol–water partition coefficient (Wildman–Crippen LogP) is 9.49. The maximum atomic E-state index is 13.8. The molecule has 9 rings (SSSR count). The topological polar surface area (TPSA) is 39.3 Å².